The standard InChI is InChI=1S/C15H23BrN2O/c1-4-17-11(2)14-6-5-12(9-15(14)16)18-8-7-13(10-18)19-3/h5-6,9,11,13,17H,4,7-8,10H2,1-3H3. The minimum absolute atomic E-state index is 0.374. The average molecular weight is 327 g/mol. The third kappa shape index (κ3) is 3.50. The lowest BCUT2D eigenvalue weighted by Crippen LogP contribution is -2.22. The second kappa shape index (κ2) is 6.73. The maximum Gasteiger partial charge on any atom is 0.0762 e. The maximum absolute atomic E-state index is 5.42. The van der Waals surface area contributed by atoms with Crippen LogP contribution in [0, 0.1) is 0 Å². The van der Waals surface area contributed by atoms with Crippen molar-refractivity contribution in [1.29, 1.82) is 0 Å². The van der Waals surface area contributed by atoms with E-state index in [1.165, 1.54) is 15.7 Å². The molecular weight excluding hydrogens is 304 g/mol. The lowest BCUT2D eigenvalue weighted by molar-refractivity contribution is 0.121. The fourth-order valence-corrected chi connectivity index (χ4v) is 3.35. The molecule has 0 amide bonds. The Hall–Kier alpha value is -0.580. The number of methoxy groups -OCH3 is 1. The van der Waals surface area contributed by atoms with Crippen LogP contribution in [0.15, 0.2) is 22.7 Å². The third-order valence-electron chi connectivity index (χ3n) is 3.80. The number of hydrogen-bond donors (Lipinski definition) is 1. The quantitative estimate of drug-likeness (QED) is 0.898. The second-order valence-electron chi connectivity index (χ2n) is 5.08. The van der Waals surface area contributed by atoms with E-state index in [0.29, 0.717) is 12.1 Å². The van der Waals surface area contributed by atoms with E-state index < -0.39 is 0 Å². The van der Waals surface area contributed by atoms with Gasteiger partial charge in [-0.05, 0) is 37.6 Å². The summed E-state index contributed by atoms with van der Waals surface area (Å²) in [4.78, 5) is 2.39. The van der Waals surface area contributed by atoms with Crippen LogP contribution in [-0.4, -0.2) is 32.8 Å². The molecule has 2 unspecified atom stereocenters. The molecule has 0 saturated carbocycles. The zero-order valence-electron chi connectivity index (χ0n) is 11.9. The summed E-state index contributed by atoms with van der Waals surface area (Å²) in [5.74, 6) is 0. The molecule has 106 valence electrons. The van der Waals surface area contributed by atoms with Gasteiger partial charge >= 0.3 is 0 Å². The molecule has 4 heteroatoms. The molecule has 1 aromatic rings. The van der Waals surface area contributed by atoms with Gasteiger partial charge in [0.2, 0.25) is 0 Å². The van der Waals surface area contributed by atoms with Crippen LogP contribution in [0.4, 0.5) is 5.69 Å². The van der Waals surface area contributed by atoms with Crippen molar-refractivity contribution in [2.24, 2.45) is 0 Å². The van der Waals surface area contributed by atoms with Crippen LogP contribution < -0.4 is 10.2 Å². The van der Waals surface area contributed by atoms with Gasteiger partial charge in [-0.25, -0.2) is 0 Å². The highest BCUT2D eigenvalue weighted by atomic mass is 79.9. The van der Waals surface area contributed by atoms with Crippen LogP contribution in [0.5, 0.6) is 0 Å². The highest BCUT2D eigenvalue weighted by Crippen LogP contribution is 2.30. The molecule has 0 spiro atoms. The van der Waals surface area contributed by atoms with Crippen LogP contribution in [0.25, 0.3) is 0 Å². The van der Waals surface area contributed by atoms with E-state index in [1.807, 2.05) is 0 Å². The van der Waals surface area contributed by atoms with E-state index >= 15 is 0 Å². The van der Waals surface area contributed by atoms with Crippen molar-refractivity contribution in [2.45, 2.75) is 32.4 Å². The zero-order valence-corrected chi connectivity index (χ0v) is 13.5. The van der Waals surface area contributed by atoms with Gasteiger partial charge in [-0.3, -0.25) is 0 Å². The number of halogens is 1. The lowest BCUT2D eigenvalue weighted by Gasteiger charge is -2.21. The van der Waals surface area contributed by atoms with Gasteiger partial charge in [-0.2, -0.15) is 0 Å². The molecule has 1 aliphatic rings. The van der Waals surface area contributed by atoms with Crippen LogP contribution >= 0.6 is 15.9 Å². The van der Waals surface area contributed by atoms with Crippen molar-refractivity contribution in [3.05, 3.63) is 28.2 Å². The third-order valence-corrected chi connectivity index (χ3v) is 4.49. The van der Waals surface area contributed by atoms with Crippen LogP contribution in [0.3, 0.4) is 0 Å². The summed E-state index contributed by atoms with van der Waals surface area (Å²) in [6.07, 6.45) is 1.49. The van der Waals surface area contributed by atoms with Crippen LogP contribution in [0.2, 0.25) is 0 Å². The molecule has 1 aromatic carbocycles. The van der Waals surface area contributed by atoms with E-state index in [-0.39, 0.29) is 0 Å². The molecule has 0 radical (unpaired) electrons. The van der Waals surface area contributed by atoms with Crippen molar-refractivity contribution in [1.82, 2.24) is 5.32 Å². The molecule has 19 heavy (non-hydrogen) atoms. The van der Waals surface area contributed by atoms with Gasteiger partial charge in [0.05, 0.1) is 6.10 Å². The van der Waals surface area contributed by atoms with Gasteiger partial charge in [-0.15, -0.1) is 0 Å². The summed E-state index contributed by atoms with van der Waals surface area (Å²) < 4.78 is 6.60. The van der Waals surface area contributed by atoms with Crippen molar-refractivity contribution >= 4 is 21.6 Å². The first-order valence-corrected chi connectivity index (χ1v) is 7.75. The number of anilines is 1. The van der Waals surface area contributed by atoms with Gasteiger partial charge in [0.15, 0.2) is 0 Å². The number of nitrogens with zero attached hydrogens (tertiary/aromatic N) is 1. The summed E-state index contributed by atoms with van der Waals surface area (Å²) in [6.45, 7) is 7.38. The fourth-order valence-electron chi connectivity index (χ4n) is 2.64. The van der Waals surface area contributed by atoms with Crippen molar-refractivity contribution < 1.29 is 4.74 Å². The Labute approximate surface area is 124 Å². The fraction of sp³-hybridized carbons (Fsp3) is 0.600. The molecule has 1 aliphatic heterocycles. The van der Waals surface area contributed by atoms with E-state index in [4.69, 9.17) is 4.74 Å². The molecule has 3 nitrogen and oxygen atoms in total. The molecule has 0 aliphatic carbocycles. The molecule has 0 aromatic heterocycles. The SMILES string of the molecule is CCNC(C)c1ccc(N2CCC(OC)C2)cc1Br. The number of nitrogens with one attached hydrogen (secondary N) is 1. The predicted octanol–water partition coefficient (Wildman–Crippen LogP) is 3.34. The summed E-state index contributed by atoms with van der Waals surface area (Å²) in [7, 11) is 1.80. The van der Waals surface area contributed by atoms with E-state index in [2.05, 4.69) is 58.2 Å². The van der Waals surface area contributed by atoms with Crippen LogP contribution in [0.1, 0.15) is 31.9 Å². The highest BCUT2D eigenvalue weighted by molar-refractivity contribution is 9.10. The maximum atomic E-state index is 5.42. The first-order chi connectivity index (χ1) is 9.15. The van der Waals surface area contributed by atoms with Gasteiger partial charge in [0, 0.05) is 36.4 Å². The zero-order chi connectivity index (χ0) is 13.8. The summed E-state index contributed by atoms with van der Waals surface area (Å²) in [5, 5.41) is 3.44. The summed E-state index contributed by atoms with van der Waals surface area (Å²) in [5.41, 5.74) is 2.59. The summed E-state index contributed by atoms with van der Waals surface area (Å²) >= 11 is 3.70. The summed E-state index contributed by atoms with van der Waals surface area (Å²) in [6, 6.07) is 7.03. The largest absolute Gasteiger partial charge is 0.380 e. The van der Waals surface area contributed by atoms with Gasteiger partial charge in [0.1, 0.15) is 0 Å². The van der Waals surface area contributed by atoms with Crippen LogP contribution in [-0.2, 0) is 4.74 Å². The molecule has 2 rings (SSSR count). The van der Waals surface area contributed by atoms with Gasteiger partial charge in [-0.1, -0.05) is 28.9 Å². The number of rotatable bonds is 5. The number of ether oxygens (including phenoxy) is 1. The molecule has 2 atom stereocenters. The molecule has 1 saturated heterocycles. The van der Waals surface area contributed by atoms with Crippen molar-refractivity contribution in [3.63, 3.8) is 0 Å². The average Bonchev–Trinajstić information content (AvgIpc) is 2.87. The minimum atomic E-state index is 0.374. The predicted molar refractivity (Wildman–Crippen MR) is 83.9 cm³/mol. The molecule has 1 fully saturated rings. The van der Waals surface area contributed by atoms with Gasteiger partial charge < -0.3 is 15.0 Å². The lowest BCUT2D eigenvalue weighted by atomic mass is 10.1. The smallest absolute Gasteiger partial charge is 0.0762 e. The molecule has 1 N–H and O–H groups in total. The Kier molecular flexibility index (Phi) is 5.25. The van der Waals surface area contributed by atoms with E-state index in [0.717, 1.165) is 26.1 Å². The highest BCUT2D eigenvalue weighted by Gasteiger charge is 2.22. The molecule has 0 bridgehead atoms. The number of hydrogen-bond acceptors (Lipinski definition) is 3. The monoisotopic (exact) mass is 326 g/mol. The molecule has 1 heterocycles. The normalized spacial score (nSPS) is 20.8. The topological polar surface area (TPSA) is 24.5 Å². The van der Waals surface area contributed by atoms with E-state index in [1.54, 1.807) is 7.11 Å². The minimum Gasteiger partial charge on any atom is -0.380 e. The Morgan fingerprint density at radius 2 is 2.32 bits per heavy atom. The Morgan fingerprint density at radius 3 is 2.89 bits per heavy atom. The number of benzene rings is 1. The molecular formula is C15H23BrN2O. The Morgan fingerprint density at radius 1 is 1.53 bits per heavy atom. The Bertz CT molecular complexity index is 425. The van der Waals surface area contributed by atoms with Crippen molar-refractivity contribution in [3.8, 4) is 0 Å². The second-order valence-corrected chi connectivity index (χ2v) is 5.93. The van der Waals surface area contributed by atoms with Crippen molar-refractivity contribution in [2.75, 3.05) is 31.6 Å². The first kappa shape index (κ1) is 14.8. The van der Waals surface area contributed by atoms with E-state index in [9.17, 15) is 0 Å². The van der Waals surface area contributed by atoms with Gasteiger partial charge in [0.25, 0.3) is 0 Å². The Balaban J connectivity index is 2.11. The first-order valence-electron chi connectivity index (χ1n) is 6.96.